The molecule has 3 rings (SSSR count). The van der Waals surface area contributed by atoms with Crippen LogP contribution in [0.4, 0.5) is 4.39 Å². The predicted molar refractivity (Wildman–Crippen MR) is 73.7 cm³/mol. The zero-order valence-electron chi connectivity index (χ0n) is 9.98. The van der Waals surface area contributed by atoms with Crippen LogP contribution in [0, 0.1) is 5.82 Å². The van der Waals surface area contributed by atoms with Gasteiger partial charge in [-0.05, 0) is 46.3 Å². The van der Waals surface area contributed by atoms with Gasteiger partial charge >= 0.3 is 0 Å². The Kier molecular flexibility index (Phi) is 2.98. The van der Waals surface area contributed by atoms with Crippen molar-refractivity contribution in [3.8, 4) is 17.0 Å². The molecule has 0 atom stereocenters. The van der Waals surface area contributed by atoms with Gasteiger partial charge < -0.3 is 9.26 Å². The van der Waals surface area contributed by atoms with E-state index in [1.54, 1.807) is 6.07 Å². The molecular formula is C14H9BrFNO2. The van der Waals surface area contributed by atoms with Crippen molar-refractivity contribution in [3.63, 3.8) is 0 Å². The predicted octanol–water partition coefficient (Wildman–Crippen LogP) is 4.41. The molecule has 0 spiro atoms. The normalized spacial score (nSPS) is 10.9. The van der Waals surface area contributed by atoms with E-state index in [0.29, 0.717) is 22.6 Å². The number of methoxy groups -OCH3 is 1. The number of benzene rings is 2. The molecule has 0 saturated heterocycles. The van der Waals surface area contributed by atoms with Gasteiger partial charge in [-0.25, -0.2) is 4.39 Å². The fourth-order valence-electron chi connectivity index (χ4n) is 1.99. The number of halogens is 2. The van der Waals surface area contributed by atoms with Gasteiger partial charge in [-0.3, -0.25) is 0 Å². The van der Waals surface area contributed by atoms with Crippen LogP contribution in [-0.4, -0.2) is 12.3 Å². The Hall–Kier alpha value is -1.88. The monoisotopic (exact) mass is 321 g/mol. The summed E-state index contributed by atoms with van der Waals surface area (Å²) in [5.74, 6) is 0.207. The minimum absolute atomic E-state index is 0.345. The summed E-state index contributed by atoms with van der Waals surface area (Å²) < 4.78 is 24.8. The van der Waals surface area contributed by atoms with Crippen molar-refractivity contribution in [2.75, 3.05) is 7.11 Å². The Morgan fingerprint density at radius 3 is 2.89 bits per heavy atom. The van der Waals surface area contributed by atoms with Gasteiger partial charge in [0, 0.05) is 5.56 Å². The summed E-state index contributed by atoms with van der Waals surface area (Å²) in [6, 6.07) is 9.91. The average Bonchev–Trinajstić information content (AvgIpc) is 2.84. The Labute approximate surface area is 117 Å². The van der Waals surface area contributed by atoms with Crippen LogP contribution in [0.3, 0.4) is 0 Å². The summed E-state index contributed by atoms with van der Waals surface area (Å²) in [6.45, 7) is 0. The lowest BCUT2D eigenvalue weighted by Crippen LogP contribution is -1.89. The van der Waals surface area contributed by atoms with Crippen molar-refractivity contribution in [3.05, 3.63) is 46.7 Å². The second kappa shape index (κ2) is 4.66. The van der Waals surface area contributed by atoms with E-state index in [2.05, 4.69) is 21.1 Å². The third kappa shape index (κ3) is 2.00. The Bertz CT molecular complexity index is 754. The number of rotatable bonds is 2. The highest BCUT2D eigenvalue weighted by Crippen LogP contribution is 2.36. The first-order chi connectivity index (χ1) is 9.20. The molecule has 0 aliphatic carbocycles. The summed E-state index contributed by atoms with van der Waals surface area (Å²) in [7, 11) is 1.54. The fraction of sp³-hybridized carbons (Fsp3) is 0.0714. The third-order valence-electron chi connectivity index (χ3n) is 2.87. The molecule has 96 valence electrons. The lowest BCUT2D eigenvalue weighted by Gasteiger charge is -2.05. The maximum Gasteiger partial charge on any atom is 0.181 e. The fourth-order valence-corrected chi connectivity index (χ4v) is 2.43. The van der Waals surface area contributed by atoms with Crippen molar-refractivity contribution >= 4 is 26.9 Å². The van der Waals surface area contributed by atoms with Crippen LogP contribution in [-0.2, 0) is 0 Å². The highest BCUT2D eigenvalue weighted by Gasteiger charge is 2.16. The van der Waals surface area contributed by atoms with Crippen LogP contribution in [0.5, 0.6) is 5.75 Å². The first kappa shape index (κ1) is 12.2. The topological polar surface area (TPSA) is 35.3 Å². The van der Waals surface area contributed by atoms with Gasteiger partial charge in [0.15, 0.2) is 5.58 Å². The second-order valence-corrected chi connectivity index (χ2v) is 4.85. The van der Waals surface area contributed by atoms with Crippen molar-refractivity contribution in [1.29, 1.82) is 0 Å². The molecule has 0 N–H and O–H groups in total. The molecule has 3 aromatic rings. The van der Waals surface area contributed by atoms with E-state index in [0.717, 1.165) is 9.86 Å². The number of nitrogens with zero attached hydrogens (tertiary/aromatic N) is 1. The average molecular weight is 322 g/mol. The largest absolute Gasteiger partial charge is 0.496 e. The molecule has 0 aliphatic heterocycles. The molecule has 19 heavy (non-hydrogen) atoms. The van der Waals surface area contributed by atoms with E-state index in [1.807, 2.05) is 18.2 Å². The van der Waals surface area contributed by atoms with Crippen LogP contribution in [0.15, 0.2) is 45.4 Å². The minimum Gasteiger partial charge on any atom is -0.496 e. The van der Waals surface area contributed by atoms with Crippen molar-refractivity contribution < 1.29 is 13.7 Å². The Morgan fingerprint density at radius 2 is 2.11 bits per heavy atom. The molecule has 2 aromatic carbocycles. The Balaban J connectivity index is 2.30. The SMILES string of the molecule is COc1ccc(F)cc1-c1noc2c(Br)cccc12. The molecule has 5 heteroatoms. The van der Waals surface area contributed by atoms with Gasteiger partial charge in [-0.15, -0.1) is 0 Å². The van der Waals surface area contributed by atoms with Crippen LogP contribution in [0.1, 0.15) is 0 Å². The first-order valence-corrected chi connectivity index (χ1v) is 6.38. The lowest BCUT2D eigenvalue weighted by atomic mass is 10.1. The first-order valence-electron chi connectivity index (χ1n) is 5.58. The minimum atomic E-state index is -0.345. The quantitative estimate of drug-likeness (QED) is 0.701. The van der Waals surface area contributed by atoms with Crippen LogP contribution in [0.25, 0.3) is 22.2 Å². The third-order valence-corrected chi connectivity index (χ3v) is 3.49. The maximum atomic E-state index is 13.4. The van der Waals surface area contributed by atoms with Crippen molar-refractivity contribution in [2.24, 2.45) is 0 Å². The summed E-state index contributed by atoms with van der Waals surface area (Å²) in [5.41, 5.74) is 1.76. The number of hydrogen-bond acceptors (Lipinski definition) is 3. The standard InChI is InChI=1S/C14H9BrFNO2/c1-18-12-6-5-8(16)7-10(12)13-9-3-2-4-11(15)14(9)19-17-13/h2-7H,1H3. The second-order valence-electron chi connectivity index (χ2n) is 3.99. The van der Waals surface area contributed by atoms with Gasteiger partial charge in [0.25, 0.3) is 0 Å². The number of aromatic nitrogens is 1. The summed E-state index contributed by atoms with van der Waals surface area (Å²) >= 11 is 3.39. The molecule has 3 nitrogen and oxygen atoms in total. The van der Waals surface area contributed by atoms with E-state index in [4.69, 9.17) is 9.26 Å². The molecule has 1 heterocycles. The smallest absolute Gasteiger partial charge is 0.181 e. The zero-order valence-corrected chi connectivity index (χ0v) is 11.6. The van der Waals surface area contributed by atoms with E-state index < -0.39 is 0 Å². The van der Waals surface area contributed by atoms with Crippen LogP contribution >= 0.6 is 15.9 Å². The molecule has 0 bridgehead atoms. The molecule has 0 unspecified atom stereocenters. The van der Waals surface area contributed by atoms with Gasteiger partial charge in [-0.2, -0.15) is 0 Å². The molecule has 0 amide bonds. The van der Waals surface area contributed by atoms with Crippen molar-refractivity contribution in [1.82, 2.24) is 5.16 Å². The van der Waals surface area contributed by atoms with Gasteiger partial charge in [0.1, 0.15) is 17.3 Å². The molecule has 0 radical (unpaired) electrons. The van der Waals surface area contributed by atoms with Gasteiger partial charge in [0.05, 0.1) is 17.0 Å². The molecule has 0 aliphatic rings. The van der Waals surface area contributed by atoms with Gasteiger partial charge in [0.2, 0.25) is 0 Å². The van der Waals surface area contributed by atoms with Crippen LogP contribution in [0.2, 0.25) is 0 Å². The number of para-hydroxylation sites is 1. The summed E-state index contributed by atoms with van der Waals surface area (Å²) in [5, 5.41) is 4.83. The van der Waals surface area contributed by atoms with Gasteiger partial charge in [-0.1, -0.05) is 11.2 Å². The maximum absolute atomic E-state index is 13.4. The molecular weight excluding hydrogens is 313 g/mol. The van der Waals surface area contributed by atoms with Crippen molar-refractivity contribution in [2.45, 2.75) is 0 Å². The number of hydrogen-bond donors (Lipinski definition) is 0. The van der Waals surface area contributed by atoms with E-state index >= 15 is 0 Å². The van der Waals surface area contributed by atoms with E-state index in [-0.39, 0.29) is 5.82 Å². The van der Waals surface area contributed by atoms with E-state index in [9.17, 15) is 4.39 Å². The molecule has 0 saturated carbocycles. The van der Waals surface area contributed by atoms with E-state index in [1.165, 1.54) is 19.2 Å². The van der Waals surface area contributed by atoms with Crippen LogP contribution < -0.4 is 4.74 Å². The molecule has 0 fully saturated rings. The highest BCUT2D eigenvalue weighted by atomic mass is 79.9. The lowest BCUT2D eigenvalue weighted by molar-refractivity contribution is 0.414. The molecule has 1 aromatic heterocycles. The summed E-state index contributed by atoms with van der Waals surface area (Å²) in [4.78, 5) is 0. The highest BCUT2D eigenvalue weighted by molar-refractivity contribution is 9.10. The summed E-state index contributed by atoms with van der Waals surface area (Å²) in [6.07, 6.45) is 0. The number of fused-ring (bicyclic) bond motifs is 1. The zero-order chi connectivity index (χ0) is 13.4. The number of ether oxygens (including phenoxy) is 1. The Morgan fingerprint density at radius 1 is 1.26 bits per heavy atom.